The first-order valence-electron chi connectivity index (χ1n) is 11.5. The Bertz CT molecular complexity index is 1360. The predicted molar refractivity (Wildman–Crippen MR) is 140 cm³/mol. The van der Waals surface area contributed by atoms with E-state index < -0.39 is 0 Å². The van der Waals surface area contributed by atoms with Gasteiger partial charge in [-0.1, -0.05) is 42.5 Å². The molecule has 8 nitrogen and oxygen atoms in total. The zero-order valence-corrected chi connectivity index (χ0v) is 20.1. The number of rotatable bonds is 9. The molecule has 0 spiro atoms. The van der Waals surface area contributed by atoms with Crippen molar-refractivity contribution < 1.29 is 14.3 Å². The lowest BCUT2D eigenvalue weighted by Crippen LogP contribution is -2.23. The molecule has 1 aromatic heterocycles. The Labute approximate surface area is 209 Å². The van der Waals surface area contributed by atoms with Gasteiger partial charge in [0.15, 0.2) is 0 Å². The lowest BCUT2D eigenvalue weighted by atomic mass is 10.1. The highest BCUT2D eigenvalue weighted by Crippen LogP contribution is 2.21. The number of para-hydroxylation sites is 1. The Hall–Kier alpha value is -4.72. The molecule has 0 aliphatic heterocycles. The molecule has 0 unspecified atom stereocenters. The summed E-state index contributed by atoms with van der Waals surface area (Å²) in [5, 5.41) is 8.91. The van der Waals surface area contributed by atoms with E-state index >= 15 is 0 Å². The van der Waals surface area contributed by atoms with Crippen LogP contribution in [0.1, 0.15) is 28.4 Å². The number of aromatic nitrogens is 2. The Balaban J connectivity index is 1.37. The molecular formula is C28H27N5O3. The van der Waals surface area contributed by atoms with E-state index in [2.05, 4.69) is 25.9 Å². The minimum absolute atomic E-state index is 0.116. The minimum Gasteiger partial charge on any atom is -0.496 e. The van der Waals surface area contributed by atoms with Crippen molar-refractivity contribution in [2.45, 2.75) is 20.0 Å². The molecule has 1 heterocycles. The lowest BCUT2D eigenvalue weighted by Gasteiger charge is -2.11. The standard InChI is InChI=1S/C28H27N5O3/c1-19(34)32-24-12-10-21(11-13-24)25-14-15-29-28(33-25)31-17-20-6-5-8-22(16-20)27(35)30-18-23-7-3-4-9-26(23)36-2/h3-16H,17-18H2,1-2H3,(H,30,35)(H,32,34)(H,29,31,33). The molecule has 182 valence electrons. The lowest BCUT2D eigenvalue weighted by molar-refractivity contribution is -0.114. The van der Waals surface area contributed by atoms with Crippen molar-refractivity contribution in [3.05, 3.63) is 102 Å². The molecule has 3 aromatic carbocycles. The number of hydrogen-bond donors (Lipinski definition) is 3. The average Bonchev–Trinajstić information content (AvgIpc) is 2.91. The van der Waals surface area contributed by atoms with E-state index in [0.29, 0.717) is 24.6 Å². The van der Waals surface area contributed by atoms with E-state index in [4.69, 9.17) is 4.74 Å². The molecule has 0 aliphatic carbocycles. The third-order valence-electron chi connectivity index (χ3n) is 5.43. The van der Waals surface area contributed by atoms with Crippen molar-refractivity contribution >= 4 is 23.5 Å². The first-order chi connectivity index (χ1) is 17.5. The Kier molecular flexibility index (Phi) is 7.87. The van der Waals surface area contributed by atoms with Crippen LogP contribution in [-0.4, -0.2) is 28.9 Å². The van der Waals surface area contributed by atoms with Gasteiger partial charge < -0.3 is 20.7 Å². The Morgan fingerprint density at radius 1 is 0.917 bits per heavy atom. The number of nitrogens with zero attached hydrogens (tertiary/aromatic N) is 2. The summed E-state index contributed by atoms with van der Waals surface area (Å²) in [7, 11) is 1.61. The van der Waals surface area contributed by atoms with Gasteiger partial charge in [0.2, 0.25) is 11.9 Å². The quantitative estimate of drug-likeness (QED) is 0.321. The highest BCUT2D eigenvalue weighted by molar-refractivity contribution is 5.94. The van der Waals surface area contributed by atoms with Crippen molar-refractivity contribution in [2.75, 3.05) is 17.7 Å². The zero-order valence-electron chi connectivity index (χ0n) is 20.1. The van der Waals surface area contributed by atoms with Crippen LogP contribution in [0.4, 0.5) is 11.6 Å². The SMILES string of the molecule is COc1ccccc1CNC(=O)c1cccc(CNc2nccc(-c3ccc(NC(C)=O)cc3)n2)c1. The fourth-order valence-corrected chi connectivity index (χ4v) is 3.66. The number of carbonyl (C=O) groups is 2. The molecule has 0 atom stereocenters. The first kappa shape index (κ1) is 24.4. The van der Waals surface area contributed by atoms with Gasteiger partial charge in [-0.2, -0.15) is 0 Å². The highest BCUT2D eigenvalue weighted by atomic mass is 16.5. The number of anilines is 2. The number of amides is 2. The molecule has 3 N–H and O–H groups in total. The summed E-state index contributed by atoms with van der Waals surface area (Å²) in [5.41, 5.74) is 4.79. The van der Waals surface area contributed by atoms with Gasteiger partial charge >= 0.3 is 0 Å². The van der Waals surface area contributed by atoms with Crippen LogP contribution in [0.5, 0.6) is 5.75 Å². The largest absolute Gasteiger partial charge is 0.496 e. The van der Waals surface area contributed by atoms with Gasteiger partial charge in [-0.15, -0.1) is 0 Å². The number of benzene rings is 3. The molecule has 0 saturated carbocycles. The molecule has 2 amide bonds. The monoisotopic (exact) mass is 481 g/mol. The average molecular weight is 482 g/mol. The number of methoxy groups -OCH3 is 1. The van der Waals surface area contributed by atoms with E-state index in [0.717, 1.165) is 33.8 Å². The molecule has 0 radical (unpaired) electrons. The maximum Gasteiger partial charge on any atom is 0.251 e. The molecule has 0 saturated heterocycles. The van der Waals surface area contributed by atoms with Gasteiger partial charge in [-0.05, 0) is 42.0 Å². The van der Waals surface area contributed by atoms with Gasteiger partial charge in [0, 0.05) is 48.6 Å². The third-order valence-corrected chi connectivity index (χ3v) is 5.43. The number of carbonyl (C=O) groups excluding carboxylic acids is 2. The second-order valence-electron chi connectivity index (χ2n) is 8.07. The topological polar surface area (TPSA) is 105 Å². The van der Waals surface area contributed by atoms with Crippen LogP contribution in [0.3, 0.4) is 0 Å². The smallest absolute Gasteiger partial charge is 0.251 e. The maximum atomic E-state index is 12.7. The summed E-state index contributed by atoms with van der Waals surface area (Å²) in [5.74, 6) is 0.934. The Morgan fingerprint density at radius 3 is 2.50 bits per heavy atom. The summed E-state index contributed by atoms with van der Waals surface area (Å²) >= 11 is 0. The first-order valence-corrected chi connectivity index (χ1v) is 11.5. The van der Waals surface area contributed by atoms with E-state index in [-0.39, 0.29) is 11.8 Å². The molecule has 36 heavy (non-hydrogen) atoms. The molecule has 0 aliphatic rings. The van der Waals surface area contributed by atoms with E-state index in [9.17, 15) is 9.59 Å². The highest BCUT2D eigenvalue weighted by Gasteiger charge is 2.09. The van der Waals surface area contributed by atoms with Crippen molar-refractivity contribution in [1.29, 1.82) is 0 Å². The Morgan fingerprint density at radius 2 is 1.72 bits per heavy atom. The molecular weight excluding hydrogens is 454 g/mol. The van der Waals surface area contributed by atoms with Gasteiger partial charge in [-0.25, -0.2) is 9.97 Å². The molecule has 0 fully saturated rings. The van der Waals surface area contributed by atoms with Crippen molar-refractivity contribution in [2.24, 2.45) is 0 Å². The van der Waals surface area contributed by atoms with Crippen molar-refractivity contribution in [3.8, 4) is 17.0 Å². The molecule has 4 rings (SSSR count). The minimum atomic E-state index is -0.163. The second-order valence-corrected chi connectivity index (χ2v) is 8.07. The number of ether oxygens (including phenoxy) is 1. The normalized spacial score (nSPS) is 10.4. The summed E-state index contributed by atoms with van der Waals surface area (Å²) < 4.78 is 5.35. The summed E-state index contributed by atoms with van der Waals surface area (Å²) in [6.45, 7) is 2.30. The van der Waals surface area contributed by atoms with Crippen LogP contribution in [0.2, 0.25) is 0 Å². The summed E-state index contributed by atoms with van der Waals surface area (Å²) in [6, 6.07) is 24.3. The van der Waals surface area contributed by atoms with Crippen LogP contribution in [0, 0.1) is 0 Å². The van der Waals surface area contributed by atoms with Crippen LogP contribution in [0.15, 0.2) is 85.1 Å². The number of hydrogen-bond acceptors (Lipinski definition) is 6. The van der Waals surface area contributed by atoms with E-state index in [1.807, 2.05) is 72.8 Å². The van der Waals surface area contributed by atoms with Gasteiger partial charge in [-0.3, -0.25) is 9.59 Å². The zero-order chi connectivity index (χ0) is 25.3. The maximum absolute atomic E-state index is 12.7. The summed E-state index contributed by atoms with van der Waals surface area (Å²) in [4.78, 5) is 32.8. The van der Waals surface area contributed by atoms with Gasteiger partial charge in [0.05, 0.1) is 12.8 Å². The van der Waals surface area contributed by atoms with E-state index in [1.165, 1.54) is 6.92 Å². The van der Waals surface area contributed by atoms with Crippen LogP contribution in [-0.2, 0) is 17.9 Å². The van der Waals surface area contributed by atoms with E-state index in [1.54, 1.807) is 19.4 Å². The van der Waals surface area contributed by atoms with Crippen LogP contribution < -0.4 is 20.7 Å². The van der Waals surface area contributed by atoms with Crippen molar-refractivity contribution in [1.82, 2.24) is 15.3 Å². The second kappa shape index (κ2) is 11.6. The summed E-state index contributed by atoms with van der Waals surface area (Å²) in [6.07, 6.45) is 1.69. The third kappa shape index (κ3) is 6.44. The van der Waals surface area contributed by atoms with Gasteiger partial charge in [0.1, 0.15) is 5.75 Å². The fraction of sp³-hybridized carbons (Fsp3) is 0.143. The van der Waals surface area contributed by atoms with Crippen LogP contribution >= 0.6 is 0 Å². The number of nitrogens with one attached hydrogen (secondary N) is 3. The van der Waals surface area contributed by atoms with Gasteiger partial charge in [0.25, 0.3) is 5.91 Å². The van der Waals surface area contributed by atoms with Crippen molar-refractivity contribution in [3.63, 3.8) is 0 Å². The molecule has 0 bridgehead atoms. The predicted octanol–water partition coefficient (Wildman–Crippen LogP) is 4.65. The van der Waals surface area contributed by atoms with Crippen LogP contribution in [0.25, 0.3) is 11.3 Å². The molecule has 4 aromatic rings. The molecule has 8 heteroatoms. The fourth-order valence-electron chi connectivity index (χ4n) is 3.66.